The molecule has 0 aliphatic carbocycles. The zero-order chi connectivity index (χ0) is 19.5. The molecule has 2 aromatic carbocycles. The monoisotopic (exact) mass is 372 g/mol. The predicted octanol–water partition coefficient (Wildman–Crippen LogP) is 2.02. The van der Waals surface area contributed by atoms with Crippen LogP contribution >= 0.6 is 0 Å². The Morgan fingerprint density at radius 2 is 1.70 bits per heavy atom. The maximum absolute atomic E-state index is 12.1. The van der Waals surface area contributed by atoms with E-state index in [0.717, 1.165) is 5.56 Å². The first kappa shape index (κ1) is 20.3. The van der Waals surface area contributed by atoms with Gasteiger partial charge in [0.25, 0.3) is 0 Å². The van der Waals surface area contributed by atoms with Gasteiger partial charge in [-0.25, -0.2) is 0 Å². The third-order valence-electron chi connectivity index (χ3n) is 3.65. The molecule has 0 saturated carbocycles. The Labute approximate surface area is 158 Å². The van der Waals surface area contributed by atoms with Crippen molar-refractivity contribution in [1.29, 1.82) is 0 Å². The Balaban J connectivity index is 1.85. The summed E-state index contributed by atoms with van der Waals surface area (Å²) in [6, 6.07) is 14.4. The fourth-order valence-corrected chi connectivity index (χ4v) is 2.33. The van der Waals surface area contributed by atoms with E-state index < -0.39 is 0 Å². The van der Waals surface area contributed by atoms with Gasteiger partial charge in [-0.1, -0.05) is 30.3 Å². The molecule has 2 rings (SSSR count). The second-order valence-corrected chi connectivity index (χ2v) is 5.69. The largest absolute Gasteiger partial charge is 0.493 e. The molecule has 27 heavy (non-hydrogen) atoms. The molecule has 2 amide bonds. The average molecular weight is 372 g/mol. The lowest BCUT2D eigenvalue weighted by atomic mass is 10.1. The molecule has 0 spiro atoms. The number of nitrogens with one attached hydrogen (secondary N) is 2. The van der Waals surface area contributed by atoms with Gasteiger partial charge < -0.3 is 24.8 Å². The van der Waals surface area contributed by atoms with Crippen molar-refractivity contribution < 1.29 is 23.8 Å². The van der Waals surface area contributed by atoms with E-state index in [9.17, 15) is 9.59 Å². The van der Waals surface area contributed by atoms with Crippen molar-refractivity contribution in [2.75, 3.05) is 39.3 Å². The Morgan fingerprint density at radius 1 is 0.926 bits per heavy atom. The Morgan fingerprint density at radius 3 is 2.41 bits per heavy atom. The van der Waals surface area contributed by atoms with Crippen LogP contribution in [-0.2, 0) is 20.7 Å². The first-order chi connectivity index (χ1) is 13.1. The van der Waals surface area contributed by atoms with Gasteiger partial charge in [0, 0.05) is 18.9 Å². The van der Waals surface area contributed by atoms with Crippen LogP contribution in [0.25, 0.3) is 0 Å². The molecule has 0 aromatic heterocycles. The maximum Gasteiger partial charge on any atom is 0.243 e. The summed E-state index contributed by atoms with van der Waals surface area (Å²) in [5.41, 5.74) is 1.44. The van der Waals surface area contributed by atoms with Gasteiger partial charge >= 0.3 is 0 Å². The van der Waals surface area contributed by atoms with Crippen LogP contribution in [0.3, 0.4) is 0 Å². The summed E-state index contributed by atoms with van der Waals surface area (Å²) < 4.78 is 15.8. The van der Waals surface area contributed by atoms with E-state index in [1.165, 1.54) is 0 Å². The summed E-state index contributed by atoms with van der Waals surface area (Å²) in [6.45, 7) is 0.685. The molecule has 7 nitrogen and oxygen atoms in total. The third kappa shape index (κ3) is 6.99. The number of anilines is 1. The third-order valence-corrected chi connectivity index (χ3v) is 3.65. The second kappa shape index (κ2) is 10.8. The minimum absolute atomic E-state index is 0.114. The molecule has 0 fully saturated rings. The predicted molar refractivity (Wildman–Crippen MR) is 102 cm³/mol. The molecule has 0 radical (unpaired) electrons. The van der Waals surface area contributed by atoms with Crippen LogP contribution in [0.5, 0.6) is 11.5 Å². The van der Waals surface area contributed by atoms with Crippen LogP contribution in [0, 0.1) is 0 Å². The molecule has 0 atom stereocenters. The highest BCUT2D eigenvalue weighted by Crippen LogP contribution is 2.30. The number of methoxy groups -OCH3 is 2. The van der Waals surface area contributed by atoms with E-state index in [0.29, 0.717) is 30.4 Å². The first-order valence-electron chi connectivity index (χ1n) is 8.52. The summed E-state index contributed by atoms with van der Waals surface area (Å²) >= 11 is 0. The van der Waals surface area contributed by atoms with Gasteiger partial charge in [-0.3, -0.25) is 9.59 Å². The molecule has 0 aliphatic rings. The average Bonchev–Trinajstić information content (AvgIpc) is 2.68. The van der Waals surface area contributed by atoms with E-state index >= 15 is 0 Å². The Hall–Kier alpha value is -3.06. The van der Waals surface area contributed by atoms with Crippen molar-refractivity contribution in [3.05, 3.63) is 54.1 Å². The topological polar surface area (TPSA) is 85.9 Å². The molecule has 0 aliphatic heterocycles. The van der Waals surface area contributed by atoms with Crippen molar-refractivity contribution >= 4 is 17.5 Å². The van der Waals surface area contributed by atoms with Crippen LogP contribution in [0.4, 0.5) is 5.69 Å². The quantitative estimate of drug-likeness (QED) is 0.623. The molecule has 0 saturated heterocycles. The highest BCUT2D eigenvalue weighted by molar-refractivity contribution is 5.95. The number of carbonyl (C=O) groups is 2. The van der Waals surface area contributed by atoms with Crippen LogP contribution in [0.15, 0.2) is 48.5 Å². The number of hydrogen-bond acceptors (Lipinski definition) is 5. The minimum atomic E-state index is -0.329. The number of hydrogen-bond donors (Lipinski definition) is 2. The van der Waals surface area contributed by atoms with Gasteiger partial charge in [-0.2, -0.15) is 0 Å². The second-order valence-electron chi connectivity index (χ2n) is 5.69. The van der Waals surface area contributed by atoms with Gasteiger partial charge in [0.05, 0.1) is 26.7 Å². The molecule has 0 bridgehead atoms. The lowest BCUT2D eigenvalue weighted by Crippen LogP contribution is -2.33. The zero-order valence-corrected chi connectivity index (χ0v) is 15.5. The van der Waals surface area contributed by atoms with Gasteiger partial charge in [0.15, 0.2) is 11.5 Å². The number of ether oxygens (including phenoxy) is 3. The normalized spacial score (nSPS) is 10.1. The standard InChI is InChI=1S/C20H24N2O5/c1-25-10-11-27-18-13-16(8-9-17(18)26-2)22-20(24)14-21-19(23)12-15-6-4-3-5-7-15/h3-9,13H,10-12,14H2,1-2H3,(H,21,23)(H,22,24). The number of amides is 2. The molecular weight excluding hydrogens is 348 g/mol. The number of carbonyl (C=O) groups excluding carboxylic acids is 2. The molecule has 2 N–H and O–H groups in total. The summed E-state index contributed by atoms with van der Waals surface area (Å²) in [7, 11) is 3.13. The summed E-state index contributed by atoms with van der Waals surface area (Å²) in [6.07, 6.45) is 0.230. The van der Waals surface area contributed by atoms with Crippen LogP contribution in [-0.4, -0.2) is 45.8 Å². The fraction of sp³-hybridized carbons (Fsp3) is 0.300. The molecule has 7 heteroatoms. The number of benzene rings is 2. The molecule has 0 unspecified atom stereocenters. The van der Waals surface area contributed by atoms with E-state index in [4.69, 9.17) is 14.2 Å². The van der Waals surface area contributed by atoms with E-state index in [-0.39, 0.29) is 24.8 Å². The Kier molecular flexibility index (Phi) is 8.12. The molecule has 2 aromatic rings. The summed E-state index contributed by atoms with van der Waals surface area (Å²) in [4.78, 5) is 24.0. The van der Waals surface area contributed by atoms with Crippen LogP contribution in [0.2, 0.25) is 0 Å². The lowest BCUT2D eigenvalue weighted by molar-refractivity contribution is -0.123. The van der Waals surface area contributed by atoms with Gasteiger partial charge in [0.2, 0.25) is 11.8 Å². The van der Waals surface area contributed by atoms with E-state index in [1.54, 1.807) is 32.4 Å². The summed E-state index contributed by atoms with van der Waals surface area (Å²) in [5, 5.41) is 5.33. The van der Waals surface area contributed by atoms with Crippen molar-refractivity contribution in [1.82, 2.24) is 5.32 Å². The SMILES string of the molecule is COCCOc1cc(NC(=O)CNC(=O)Cc2ccccc2)ccc1OC. The van der Waals surface area contributed by atoms with Crippen molar-refractivity contribution in [3.8, 4) is 11.5 Å². The van der Waals surface area contributed by atoms with E-state index in [1.807, 2.05) is 30.3 Å². The molecule has 144 valence electrons. The van der Waals surface area contributed by atoms with Crippen molar-refractivity contribution in [2.45, 2.75) is 6.42 Å². The zero-order valence-electron chi connectivity index (χ0n) is 15.5. The van der Waals surface area contributed by atoms with Gasteiger partial charge in [0.1, 0.15) is 6.61 Å². The van der Waals surface area contributed by atoms with E-state index in [2.05, 4.69) is 10.6 Å². The lowest BCUT2D eigenvalue weighted by Gasteiger charge is -2.13. The maximum atomic E-state index is 12.1. The first-order valence-corrected chi connectivity index (χ1v) is 8.52. The Bertz CT molecular complexity index is 749. The van der Waals surface area contributed by atoms with Crippen LogP contribution in [0.1, 0.15) is 5.56 Å². The number of rotatable bonds is 10. The van der Waals surface area contributed by atoms with Gasteiger partial charge in [-0.05, 0) is 17.7 Å². The van der Waals surface area contributed by atoms with Crippen LogP contribution < -0.4 is 20.1 Å². The molecular formula is C20H24N2O5. The van der Waals surface area contributed by atoms with Crippen molar-refractivity contribution in [3.63, 3.8) is 0 Å². The summed E-state index contributed by atoms with van der Waals surface area (Å²) in [5.74, 6) is 0.514. The highest BCUT2D eigenvalue weighted by Gasteiger charge is 2.10. The fourth-order valence-electron chi connectivity index (χ4n) is 2.33. The smallest absolute Gasteiger partial charge is 0.243 e. The van der Waals surface area contributed by atoms with Crippen molar-refractivity contribution in [2.24, 2.45) is 0 Å². The highest BCUT2D eigenvalue weighted by atomic mass is 16.5. The molecule has 0 heterocycles. The van der Waals surface area contributed by atoms with Gasteiger partial charge in [-0.15, -0.1) is 0 Å². The minimum Gasteiger partial charge on any atom is -0.493 e.